The van der Waals surface area contributed by atoms with Crippen LogP contribution in [-0.2, 0) is 11.3 Å². The van der Waals surface area contributed by atoms with Gasteiger partial charge in [-0.2, -0.15) is 0 Å². The summed E-state index contributed by atoms with van der Waals surface area (Å²) < 4.78 is 11.0. The quantitative estimate of drug-likeness (QED) is 0.885. The molecule has 2 unspecified atom stereocenters. The van der Waals surface area contributed by atoms with Crippen LogP contribution in [0.25, 0.3) is 0 Å². The molecule has 106 valence electrons. The zero-order valence-corrected chi connectivity index (χ0v) is 12.3. The van der Waals surface area contributed by atoms with Gasteiger partial charge in [-0.15, -0.1) is 0 Å². The van der Waals surface area contributed by atoms with Gasteiger partial charge in [0.1, 0.15) is 5.75 Å². The fourth-order valence-corrected chi connectivity index (χ4v) is 2.45. The lowest BCUT2D eigenvalue weighted by Gasteiger charge is -2.20. The normalized spacial score (nSPS) is 22.8. The average molecular weight is 264 g/mol. The van der Waals surface area contributed by atoms with Gasteiger partial charge in [0, 0.05) is 13.2 Å². The molecule has 0 saturated carbocycles. The second kappa shape index (κ2) is 6.26. The van der Waals surface area contributed by atoms with E-state index in [1.807, 2.05) is 6.07 Å². The lowest BCUT2D eigenvalue weighted by atomic mass is 10.1. The Hall–Kier alpha value is -1.26. The van der Waals surface area contributed by atoms with Gasteiger partial charge in [0.05, 0.1) is 24.9 Å². The van der Waals surface area contributed by atoms with Gasteiger partial charge in [-0.3, -0.25) is 0 Å². The fraction of sp³-hybridized carbons (Fsp3) is 0.600. The van der Waals surface area contributed by atoms with Gasteiger partial charge in [0.15, 0.2) is 0 Å². The molecule has 2 atom stereocenters. The average Bonchev–Trinajstić information content (AvgIpc) is 2.75. The third-order valence-corrected chi connectivity index (χ3v) is 3.48. The molecule has 0 bridgehead atoms. The minimum Gasteiger partial charge on any atom is -0.495 e. The summed E-state index contributed by atoms with van der Waals surface area (Å²) in [5.74, 6) is 0.890. The van der Waals surface area contributed by atoms with Crippen LogP contribution in [0.3, 0.4) is 0 Å². The number of ether oxygens (including phenoxy) is 2. The molecule has 0 spiro atoms. The Kier molecular flexibility index (Phi) is 4.66. The zero-order chi connectivity index (χ0) is 13.8. The van der Waals surface area contributed by atoms with Crippen molar-refractivity contribution < 1.29 is 9.47 Å². The molecule has 0 aliphatic carbocycles. The van der Waals surface area contributed by atoms with Crippen molar-refractivity contribution in [2.45, 2.75) is 32.0 Å². The highest BCUT2D eigenvalue weighted by molar-refractivity contribution is 5.59. The first-order chi connectivity index (χ1) is 9.10. The first-order valence-electron chi connectivity index (χ1n) is 6.80. The van der Waals surface area contributed by atoms with Crippen molar-refractivity contribution >= 4 is 5.69 Å². The van der Waals surface area contributed by atoms with Crippen LogP contribution in [0.15, 0.2) is 18.2 Å². The van der Waals surface area contributed by atoms with Gasteiger partial charge >= 0.3 is 0 Å². The highest BCUT2D eigenvalue weighted by Gasteiger charge is 2.24. The van der Waals surface area contributed by atoms with E-state index in [2.05, 4.69) is 43.4 Å². The Morgan fingerprint density at radius 3 is 2.79 bits per heavy atom. The summed E-state index contributed by atoms with van der Waals surface area (Å²) in [4.78, 5) is 2.16. The number of nitrogens with zero attached hydrogens (tertiary/aromatic N) is 1. The monoisotopic (exact) mass is 264 g/mol. The maximum absolute atomic E-state index is 5.59. The molecule has 0 amide bonds. The maximum Gasteiger partial charge on any atom is 0.141 e. The van der Waals surface area contributed by atoms with Crippen LogP contribution in [0.2, 0.25) is 0 Å². The van der Waals surface area contributed by atoms with Gasteiger partial charge in [0.25, 0.3) is 0 Å². The Morgan fingerprint density at radius 1 is 1.42 bits per heavy atom. The van der Waals surface area contributed by atoms with Crippen LogP contribution in [0.4, 0.5) is 5.69 Å². The summed E-state index contributed by atoms with van der Waals surface area (Å²) in [6.45, 7) is 3.87. The Labute approximate surface area is 115 Å². The van der Waals surface area contributed by atoms with Gasteiger partial charge in [-0.25, -0.2) is 0 Å². The highest BCUT2D eigenvalue weighted by atomic mass is 16.5. The summed E-state index contributed by atoms with van der Waals surface area (Å²) in [5.41, 5.74) is 2.34. The second-order valence-corrected chi connectivity index (χ2v) is 5.39. The van der Waals surface area contributed by atoms with E-state index >= 15 is 0 Å². The van der Waals surface area contributed by atoms with E-state index in [1.54, 1.807) is 7.11 Å². The summed E-state index contributed by atoms with van der Waals surface area (Å²) in [7, 11) is 5.86. The summed E-state index contributed by atoms with van der Waals surface area (Å²) in [6.07, 6.45) is 1.30. The molecular weight excluding hydrogens is 240 g/mol. The lowest BCUT2D eigenvalue weighted by Crippen LogP contribution is -2.27. The molecule has 19 heavy (non-hydrogen) atoms. The summed E-state index contributed by atoms with van der Waals surface area (Å²) in [5, 5.41) is 3.56. The second-order valence-electron chi connectivity index (χ2n) is 5.39. The predicted octanol–water partition coefficient (Wildman–Crippen LogP) is 2.35. The molecule has 1 fully saturated rings. The van der Waals surface area contributed by atoms with Crippen molar-refractivity contribution in [1.29, 1.82) is 0 Å². The molecule has 1 aromatic carbocycles. The van der Waals surface area contributed by atoms with Crippen molar-refractivity contribution in [3.63, 3.8) is 0 Å². The number of hydrogen-bond acceptors (Lipinski definition) is 4. The largest absolute Gasteiger partial charge is 0.495 e. The van der Waals surface area contributed by atoms with Crippen molar-refractivity contribution in [2.24, 2.45) is 0 Å². The lowest BCUT2D eigenvalue weighted by molar-refractivity contribution is 0.121. The molecule has 1 aliphatic heterocycles. The van der Waals surface area contributed by atoms with E-state index in [1.165, 1.54) is 5.56 Å². The number of anilines is 1. The molecule has 1 aromatic rings. The van der Waals surface area contributed by atoms with Gasteiger partial charge in [-0.05, 0) is 45.1 Å². The van der Waals surface area contributed by atoms with E-state index in [0.29, 0.717) is 6.04 Å². The summed E-state index contributed by atoms with van der Waals surface area (Å²) >= 11 is 0. The fourth-order valence-electron chi connectivity index (χ4n) is 2.45. The van der Waals surface area contributed by atoms with E-state index in [0.717, 1.165) is 31.0 Å². The third kappa shape index (κ3) is 3.61. The molecule has 1 heterocycles. The molecule has 2 rings (SSSR count). The van der Waals surface area contributed by atoms with Gasteiger partial charge in [-0.1, -0.05) is 6.07 Å². The zero-order valence-electron chi connectivity index (χ0n) is 12.3. The predicted molar refractivity (Wildman–Crippen MR) is 77.8 cm³/mol. The van der Waals surface area contributed by atoms with E-state index in [-0.39, 0.29) is 6.10 Å². The van der Waals surface area contributed by atoms with Crippen molar-refractivity contribution in [1.82, 2.24) is 4.90 Å². The molecule has 1 N–H and O–H groups in total. The number of nitrogens with one attached hydrogen (secondary N) is 1. The summed E-state index contributed by atoms with van der Waals surface area (Å²) in [6, 6.07) is 6.67. The Balaban J connectivity index is 2.15. The van der Waals surface area contributed by atoms with Crippen molar-refractivity contribution in [3.8, 4) is 5.75 Å². The molecule has 0 radical (unpaired) electrons. The van der Waals surface area contributed by atoms with E-state index in [4.69, 9.17) is 9.47 Å². The molecular formula is C15H24N2O2. The molecule has 4 nitrogen and oxygen atoms in total. The topological polar surface area (TPSA) is 33.7 Å². The van der Waals surface area contributed by atoms with Crippen LogP contribution < -0.4 is 10.1 Å². The smallest absolute Gasteiger partial charge is 0.141 e. The molecule has 1 saturated heterocycles. The minimum absolute atomic E-state index is 0.252. The number of methoxy groups -OCH3 is 1. The van der Waals surface area contributed by atoms with Crippen LogP contribution in [-0.4, -0.2) is 44.9 Å². The first kappa shape index (κ1) is 14.2. The minimum atomic E-state index is 0.252. The van der Waals surface area contributed by atoms with E-state index in [9.17, 15) is 0 Å². The van der Waals surface area contributed by atoms with Gasteiger partial charge in [0.2, 0.25) is 0 Å². The van der Waals surface area contributed by atoms with Gasteiger partial charge < -0.3 is 19.7 Å². The molecule has 1 aliphatic rings. The standard InChI is InChI=1S/C15H24N2O2/c1-11-13(7-8-19-11)16-14-9-12(10-17(2)3)5-6-15(14)18-4/h5-6,9,11,13,16H,7-8,10H2,1-4H3. The highest BCUT2D eigenvalue weighted by Crippen LogP contribution is 2.29. The number of benzene rings is 1. The van der Waals surface area contributed by atoms with Crippen LogP contribution in [0, 0.1) is 0 Å². The van der Waals surface area contributed by atoms with Crippen LogP contribution >= 0.6 is 0 Å². The SMILES string of the molecule is COc1ccc(CN(C)C)cc1NC1CCOC1C. The maximum atomic E-state index is 5.59. The van der Waals surface area contributed by atoms with Crippen molar-refractivity contribution in [3.05, 3.63) is 23.8 Å². The molecule has 4 heteroatoms. The Morgan fingerprint density at radius 2 is 2.21 bits per heavy atom. The first-order valence-corrected chi connectivity index (χ1v) is 6.80. The molecule has 0 aromatic heterocycles. The van der Waals surface area contributed by atoms with Crippen LogP contribution in [0.1, 0.15) is 18.9 Å². The van der Waals surface area contributed by atoms with Crippen molar-refractivity contribution in [2.75, 3.05) is 33.1 Å². The third-order valence-electron chi connectivity index (χ3n) is 3.48. The number of rotatable bonds is 5. The van der Waals surface area contributed by atoms with E-state index < -0.39 is 0 Å². The number of hydrogen-bond donors (Lipinski definition) is 1. The Bertz CT molecular complexity index is 421. The van der Waals surface area contributed by atoms with Crippen LogP contribution in [0.5, 0.6) is 5.75 Å².